The van der Waals surface area contributed by atoms with Crippen LogP contribution in [-0.2, 0) is 0 Å². The molecule has 4 heterocycles. The zero-order valence-corrected chi connectivity index (χ0v) is 27.8. The molecule has 0 N–H and O–H groups in total. The number of hydrogen-bond donors (Lipinski definition) is 0. The van der Waals surface area contributed by atoms with E-state index >= 15 is 0 Å². The molecule has 0 aliphatic heterocycles. The van der Waals surface area contributed by atoms with Crippen molar-refractivity contribution in [3.8, 4) is 56.5 Å². The van der Waals surface area contributed by atoms with Gasteiger partial charge in [-0.15, -0.1) is 0 Å². The van der Waals surface area contributed by atoms with Crippen LogP contribution in [0.3, 0.4) is 0 Å². The summed E-state index contributed by atoms with van der Waals surface area (Å²) in [6, 6.07) is 53.9. The van der Waals surface area contributed by atoms with Crippen LogP contribution in [0.5, 0.6) is 0 Å². The van der Waals surface area contributed by atoms with Crippen LogP contribution < -0.4 is 0 Å². The average molecular weight is 665 g/mol. The molecule has 0 aliphatic carbocycles. The first-order chi connectivity index (χ1) is 25.8. The number of benzene rings is 6. The first-order valence-corrected chi connectivity index (χ1v) is 17.2. The van der Waals surface area contributed by atoms with Gasteiger partial charge in [0.05, 0.1) is 22.2 Å². The summed E-state index contributed by atoms with van der Waals surface area (Å²) in [5.74, 6) is 1.79. The minimum Gasteiger partial charge on any atom is -0.254 e. The summed E-state index contributed by atoms with van der Waals surface area (Å²) in [5.41, 5.74) is 9.24. The molecule has 6 aromatic carbocycles. The first kappa shape index (κ1) is 29.7. The maximum absolute atomic E-state index is 5.31. The van der Waals surface area contributed by atoms with Gasteiger partial charge in [0.25, 0.3) is 0 Å². The first-order valence-electron chi connectivity index (χ1n) is 17.2. The van der Waals surface area contributed by atoms with Gasteiger partial charge in [0, 0.05) is 56.2 Å². The van der Waals surface area contributed by atoms with E-state index in [0.29, 0.717) is 17.5 Å². The molecule has 0 unspecified atom stereocenters. The second-order valence-corrected chi connectivity index (χ2v) is 12.8. The highest BCUT2D eigenvalue weighted by Crippen LogP contribution is 2.40. The predicted octanol–water partition coefficient (Wildman–Crippen LogP) is 11.0. The summed E-state index contributed by atoms with van der Waals surface area (Å²) in [4.78, 5) is 30.1. The summed E-state index contributed by atoms with van der Waals surface area (Å²) >= 11 is 0. The summed E-state index contributed by atoms with van der Waals surface area (Å²) in [7, 11) is 0. The summed E-state index contributed by atoms with van der Waals surface area (Å²) in [6.07, 6.45) is 3.65. The van der Waals surface area contributed by atoms with Crippen molar-refractivity contribution in [2.75, 3.05) is 0 Å². The van der Waals surface area contributed by atoms with Crippen LogP contribution in [0.2, 0.25) is 0 Å². The molecule has 0 saturated heterocycles. The van der Waals surface area contributed by atoms with E-state index in [1.54, 1.807) is 0 Å². The maximum Gasteiger partial charge on any atom is 0.164 e. The van der Waals surface area contributed by atoms with Crippen molar-refractivity contribution in [3.63, 3.8) is 0 Å². The van der Waals surface area contributed by atoms with E-state index in [9.17, 15) is 0 Å². The maximum atomic E-state index is 5.31. The molecule has 10 rings (SSSR count). The number of para-hydroxylation sites is 1. The van der Waals surface area contributed by atoms with Crippen LogP contribution in [0.4, 0.5) is 0 Å². The molecule has 0 radical (unpaired) electrons. The van der Waals surface area contributed by atoms with Crippen LogP contribution in [0.25, 0.3) is 100 Å². The molecule has 0 aliphatic rings. The molecule has 0 atom stereocenters. The highest BCUT2D eigenvalue weighted by atomic mass is 15.0. The molecule has 0 bridgehead atoms. The predicted molar refractivity (Wildman–Crippen MR) is 210 cm³/mol. The fourth-order valence-electron chi connectivity index (χ4n) is 7.13. The zero-order valence-electron chi connectivity index (χ0n) is 27.8. The normalized spacial score (nSPS) is 11.5. The van der Waals surface area contributed by atoms with Crippen molar-refractivity contribution in [2.45, 2.75) is 0 Å². The summed E-state index contributed by atoms with van der Waals surface area (Å²) < 4.78 is 0. The van der Waals surface area contributed by atoms with Crippen LogP contribution in [0, 0.1) is 0 Å². The highest BCUT2D eigenvalue weighted by Gasteiger charge is 2.19. The fourth-order valence-corrected chi connectivity index (χ4v) is 7.13. The van der Waals surface area contributed by atoms with E-state index < -0.39 is 0 Å². The van der Waals surface area contributed by atoms with Crippen molar-refractivity contribution in [3.05, 3.63) is 170 Å². The Morgan fingerprint density at radius 1 is 0.327 bits per heavy atom. The summed E-state index contributed by atoms with van der Waals surface area (Å²) in [5, 5.41) is 5.37. The zero-order chi connectivity index (χ0) is 34.4. The molecule has 242 valence electrons. The Hall–Kier alpha value is -7.18. The van der Waals surface area contributed by atoms with Crippen molar-refractivity contribution in [1.82, 2.24) is 29.9 Å². The lowest BCUT2D eigenvalue weighted by Gasteiger charge is -2.15. The second-order valence-electron chi connectivity index (χ2n) is 12.8. The molecule has 52 heavy (non-hydrogen) atoms. The number of aromatic nitrogens is 6. The third-order valence-electron chi connectivity index (χ3n) is 9.54. The minimum atomic E-state index is 0.575. The Labute approximate surface area is 299 Å². The van der Waals surface area contributed by atoms with E-state index in [-0.39, 0.29) is 0 Å². The Morgan fingerprint density at radius 3 is 1.60 bits per heavy atom. The molecule has 0 amide bonds. The van der Waals surface area contributed by atoms with Gasteiger partial charge in [0.15, 0.2) is 17.5 Å². The van der Waals surface area contributed by atoms with Crippen LogP contribution >= 0.6 is 0 Å². The molecule has 0 fully saturated rings. The smallest absolute Gasteiger partial charge is 0.164 e. The standard InChI is InChI=1S/C46H28N6/c1-3-13-29(14-4-1)44-50-45(30-15-5-2-6-16-30)52-46(51-44)34-26-32(39-28-31-17-11-23-47-42(31)43-38(39)21-12-24-48-43)25-33(27-34)41-37-20-8-7-18-35(37)36-19-9-10-22-40(36)49-41/h1-28H. The van der Waals surface area contributed by atoms with Crippen molar-refractivity contribution in [2.24, 2.45) is 0 Å². The quantitative estimate of drug-likeness (QED) is 0.170. The Morgan fingerprint density at radius 2 is 0.865 bits per heavy atom. The monoisotopic (exact) mass is 664 g/mol. The number of fused-ring (bicyclic) bond motifs is 6. The van der Waals surface area contributed by atoms with E-state index in [2.05, 4.69) is 78.9 Å². The van der Waals surface area contributed by atoms with Gasteiger partial charge in [-0.2, -0.15) is 0 Å². The lowest BCUT2D eigenvalue weighted by molar-refractivity contribution is 1.07. The lowest BCUT2D eigenvalue weighted by Crippen LogP contribution is -2.01. The molecule has 4 aromatic heterocycles. The second kappa shape index (κ2) is 12.3. The topological polar surface area (TPSA) is 77.3 Å². The number of hydrogen-bond acceptors (Lipinski definition) is 6. The number of rotatable bonds is 5. The Balaban J connectivity index is 1.30. The van der Waals surface area contributed by atoms with Crippen LogP contribution in [0.15, 0.2) is 170 Å². The number of nitrogens with zero attached hydrogens (tertiary/aromatic N) is 6. The Kier molecular flexibility index (Phi) is 7.03. The van der Waals surface area contributed by atoms with Crippen molar-refractivity contribution in [1.29, 1.82) is 0 Å². The highest BCUT2D eigenvalue weighted by molar-refractivity contribution is 6.13. The van der Waals surface area contributed by atoms with Gasteiger partial charge < -0.3 is 0 Å². The molecular formula is C46H28N6. The molecule has 6 heteroatoms. The summed E-state index contributed by atoms with van der Waals surface area (Å²) in [6.45, 7) is 0. The fraction of sp³-hybridized carbons (Fsp3) is 0. The average Bonchev–Trinajstić information content (AvgIpc) is 3.23. The van der Waals surface area contributed by atoms with Crippen LogP contribution in [-0.4, -0.2) is 29.9 Å². The van der Waals surface area contributed by atoms with Gasteiger partial charge in [-0.3, -0.25) is 9.97 Å². The van der Waals surface area contributed by atoms with Gasteiger partial charge in [-0.1, -0.05) is 115 Å². The van der Waals surface area contributed by atoms with Gasteiger partial charge in [-0.05, 0) is 59.0 Å². The van der Waals surface area contributed by atoms with Gasteiger partial charge in [-0.25, -0.2) is 19.9 Å². The third kappa shape index (κ3) is 5.13. The largest absolute Gasteiger partial charge is 0.254 e. The van der Waals surface area contributed by atoms with E-state index in [1.807, 2.05) is 91.3 Å². The molecule has 0 spiro atoms. The third-order valence-corrected chi connectivity index (χ3v) is 9.54. The van der Waals surface area contributed by atoms with E-state index in [0.717, 1.165) is 82.6 Å². The van der Waals surface area contributed by atoms with Gasteiger partial charge in [0.1, 0.15) is 0 Å². The van der Waals surface area contributed by atoms with Gasteiger partial charge >= 0.3 is 0 Å². The molecular weight excluding hydrogens is 637 g/mol. The van der Waals surface area contributed by atoms with Crippen molar-refractivity contribution < 1.29 is 0 Å². The Bertz CT molecular complexity index is 2770. The van der Waals surface area contributed by atoms with E-state index in [4.69, 9.17) is 29.9 Å². The molecule has 0 saturated carbocycles. The molecule has 6 nitrogen and oxygen atoms in total. The van der Waals surface area contributed by atoms with Crippen LogP contribution in [0.1, 0.15) is 0 Å². The van der Waals surface area contributed by atoms with E-state index in [1.165, 1.54) is 0 Å². The number of pyridine rings is 3. The molecule has 10 aromatic rings. The van der Waals surface area contributed by atoms with Gasteiger partial charge in [0.2, 0.25) is 0 Å². The lowest BCUT2D eigenvalue weighted by atomic mass is 9.92. The van der Waals surface area contributed by atoms with Crippen molar-refractivity contribution >= 4 is 43.5 Å². The SMILES string of the molecule is c1ccc(-c2nc(-c3ccccc3)nc(-c3cc(-c4nc5ccccc5c5ccccc45)cc(-c4cc5cccnc5c5ncccc45)c3)n2)cc1. The minimum absolute atomic E-state index is 0.575.